The Bertz CT molecular complexity index is 718. The third-order valence-corrected chi connectivity index (χ3v) is 3.57. The fourth-order valence-corrected chi connectivity index (χ4v) is 2.09. The summed E-state index contributed by atoms with van der Waals surface area (Å²) in [6.45, 7) is 0.895. The molecule has 0 aliphatic rings. The number of nitrogens with one attached hydrogen (secondary N) is 2. The molecule has 0 fully saturated rings. The van der Waals surface area contributed by atoms with Crippen molar-refractivity contribution in [3.8, 4) is 11.5 Å². The van der Waals surface area contributed by atoms with E-state index in [1.807, 2.05) is 49.3 Å². The van der Waals surface area contributed by atoms with Crippen LogP contribution < -0.4 is 20.3 Å². The first kappa shape index (κ1) is 20.3. The molecule has 2 amide bonds. The summed E-state index contributed by atoms with van der Waals surface area (Å²) in [4.78, 5) is 25.1. The van der Waals surface area contributed by atoms with Gasteiger partial charge in [0.1, 0.15) is 18.1 Å². The quantitative estimate of drug-likeness (QED) is 0.657. The van der Waals surface area contributed by atoms with Gasteiger partial charge < -0.3 is 14.4 Å². The Hall–Kier alpha value is -3.06. The van der Waals surface area contributed by atoms with Gasteiger partial charge in [0.2, 0.25) is 5.91 Å². The molecular weight excluding hydrogens is 346 g/mol. The molecule has 0 aliphatic heterocycles. The first-order valence-electron chi connectivity index (χ1n) is 8.65. The molecule has 7 nitrogen and oxygen atoms in total. The van der Waals surface area contributed by atoms with E-state index in [1.165, 1.54) is 0 Å². The number of hydrogen-bond donors (Lipinski definition) is 2. The van der Waals surface area contributed by atoms with Crippen LogP contribution >= 0.6 is 0 Å². The minimum atomic E-state index is -0.433. The molecule has 2 N–H and O–H groups in total. The molecule has 0 radical (unpaired) electrons. The van der Waals surface area contributed by atoms with E-state index in [9.17, 15) is 9.59 Å². The van der Waals surface area contributed by atoms with E-state index in [0.29, 0.717) is 31.1 Å². The minimum Gasteiger partial charge on any atom is -0.489 e. The zero-order chi connectivity index (χ0) is 19.5. The summed E-state index contributed by atoms with van der Waals surface area (Å²) >= 11 is 0. The van der Waals surface area contributed by atoms with Gasteiger partial charge in [-0.3, -0.25) is 20.4 Å². The Morgan fingerprint density at radius 3 is 2.07 bits per heavy atom. The number of rotatable bonds is 9. The van der Waals surface area contributed by atoms with Crippen molar-refractivity contribution < 1.29 is 19.1 Å². The van der Waals surface area contributed by atoms with Crippen molar-refractivity contribution in [3.63, 3.8) is 0 Å². The second-order valence-electron chi connectivity index (χ2n) is 6.18. The zero-order valence-electron chi connectivity index (χ0n) is 15.6. The highest BCUT2D eigenvalue weighted by molar-refractivity contribution is 5.82. The average Bonchev–Trinajstić information content (AvgIpc) is 2.69. The lowest BCUT2D eigenvalue weighted by atomic mass is 10.2. The Labute approximate surface area is 159 Å². The Kier molecular flexibility index (Phi) is 8.12. The number of carbonyl (C=O) groups is 2. The highest BCUT2D eigenvalue weighted by Gasteiger charge is 2.06. The van der Waals surface area contributed by atoms with Gasteiger partial charge in [0.05, 0.1) is 0 Å². The summed E-state index contributed by atoms with van der Waals surface area (Å²) in [5.41, 5.74) is 5.76. The lowest BCUT2D eigenvalue weighted by molar-refractivity contribution is -0.130. The van der Waals surface area contributed by atoms with Crippen molar-refractivity contribution >= 4 is 11.8 Å². The van der Waals surface area contributed by atoms with Crippen LogP contribution in [0.1, 0.15) is 12.0 Å². The van der Waals surface area contributed by atoms with E-state index in [-0.39, 0.29) is 12.5 Å². The Balaban J connectivity index is 1.67. The Morgan fingerprint density at radius 2 is 1.44 bits per heavy atom. The molecule has 2 aromatic rings. The van der Waals surface area contributed by atoms with Crippen LogP contribution in [0.5, 0.6) is 11.5 Å². The van der Waals surface area contributed by atoms with E-state index in [2.05, 4.69) is 10.9 Å². The normalized spacial score (nSPS) is 10.3. The Morgan fingerprint density at radius 1 is 0.852 bits per heavy atom. The van der Waals surface area contributed by atoms with Gasteiger partial charge in [0.15, 0.2) is 6.61 Å². The van der Waals surface area contributed by atoms with Crippen LogP contribution in [0.3, 0.4) is 0 Å². The fraction of sp³-hybridized carbons (Fsp3) is 0.300. The SMILES string of the molecule is CN(C)CCC(=O)NNC(=O)COc1ccc(OCc2ccccc2)cc1. The van der Waals surface area contributed by atoms with Crippen molar-refractivity contribution in [1.29, 1.82) is 0 Å². The first-order valence-corrected chi connectivity index (χ1v) is 8.65. The number of benzene rings is 2. The van der Waals surface area contributed by atoms with Crippen molar-refractivity contribution in [1.82, 2.24) is 15.8 Å². The molecule has 0 aliphatic carbocycles. The van der Waals surface area contributed by atoms with E-state index in [1.54, 1.807) is 24.3 Å². The van der Waals surface area contributed by atoms with Crippen molar-refractivity contribution in [2.75, 3.05) is 27.2 Å². The minimum absolute atomic E-state index is 0.196. The van der Waals surface area contributed by atoms with E-state index >= 15 is 0 Å². The van der Waals surface area contributed by atoms with Gasteiger partial charge in [-0.2, -0.15) is 0 Å². The highest BCUT2D eigenvalue weighted by Crippen LogP contribution is 2.18. The van der Waals surface area contributed by atoms with Crippen LogP contribution in [-0.4, -0.2) is 44.0 Å². The molecule has 0 aromatic heterocycles. The highest BCUT2D eigenvalue weighted by atomic mass is 16.5. The molecule has 27 heavy (non-hydrogen) atoms. The molecular formula is C20H25N3O4. The third-order valence-electron chi connectivity index (χ3n) is 3.57. The average molecular weight is 371 g/mol. The maximum absolute atomic E-state index is 11.7. The van der Waals surface area contributed by atoms with Crippen molar-refractivity contribution in [2.24, 2.45) is 0 Å². The lowest BCUT2D eigenvalue weighted by Gasteiger charge is -2.11. The summed E-state index contributed by atoms with van der Waals surface area (Å²) < 4.78 is 11.1. The van der Waals surface area contributed by atoms with Gasteiger partial charge >= 0.3 is 0 Å². The molecule has 0 saturated carbocycles. The summed E-state index contributed by atoms with van der Waals surface area (Å²) in [5, 5.41) is 0. The van der Waals surface area contributed by atoms with E-state index < -0.39 is 5.91 Å². The predicted molar refractivity (Wildman–Crippen MR) is 102 cm³/mol. The monoisotopic (exact) mass is 371 g/mol. The van der Waals surface area contributed by atoms with Crippen LogP contribution in [0.25, 0.3) is 0 Å². The van der Waals surface area contributed by atoms with Gasteiger partial charge in [-0.05, 0) is 43.9 Å². The van der Waals surface area contributed by atoms with Crippen LogP contribution in [0, 0.1) is 0 Å². The third kappa shape index (κ3) is 8.24. The number of nitrogens with zero attached hydrogens (tertiary/aromatic N) is 1. The zero-order valence-corrected chi connectivity index (χ0v) is 15.6. The number of carbonyl (C=O) groups excluding carboxylic acids is 2. The second kappa shape index (κ2) is 10.8. The maximum Gasteiger partial charge on any atom is 0.276 e. The number of amides is 2. The smallest absolute Gasteiger partial charge is 0.276 e. The van der Waals surface area contributed by atoms with Crippen LogP contribution in [0.15, 0.2) is 54.6 Å². The van der Waals surface area contributed by atoms with Crippen molar-refractivity contribution in [3.05, 3.63) is 60.2 Å². The number of ether oxygens (including phenoxy) is 2. The van der Waals surface area contributed by atoms with E-state index in [0.717, 1.165) is 5.56 Å². The summed E-state index contributed by atoms with van der Waals surface area (Å²) in [5.74, 6) is 0.564. The van der Waals surface area contributed by atoms with Gasteiger partial charge in [-0.25, -0.2) is 0 Å². The molecule has 144 valence electrons. The molecule has 0 bridgehead atoms. The largest absolute Gasteiger partial charge is 0.489 e. The summed E-state index contributed by atoms with van der Waals surface area (Å²) in [7, 11) is 3.75. The fourth-order valence-electron chi connectivity index (χ4n) is 2.09. The standard InChI is InChI=1S/C20H25N3O4/c1-23(2)13-12-19(24)21-22-20(25)15-27-18-10-8-17(9-11-18)26-14-16-6-4-3-5-7-16/h3-11H,12-15H2,1-2H3,(H,21,24)(H,22,25). The molecule has 0 heterocycles. The number of hydrogen-bond acceptors (Lipinski definition) is 5. The van der Waals surface area contributed by atoms with Crippen molar-refractivity contribution in [2.45, 2.75) is 13.0 Å². The molecule has 7 heteroatoms. The lowest BCUT2D eigenvalue weighted by Crippen LogP contribution is -2.44. The summed E-state index contributed by atoms with van der Waals surface area (Å²) in [6.07, 6.45) is 0.304. The van der Waals surface area contributed by atoms with Crippen LogP contribution in [0.2, 0.25) is 0 Å². The maximum atomic E-state index is 11.7. The van der Waals surface area contributed by atoms with Gasteiger partial charge in [-0.1, -0.05) is 30.3 Å². The topological polar surface area (TPSA) is 79.9 Å². The molecule has 0 saturated heterocycles. The van der Waals surface area contributed by atoms with Gasteiger partial charge in [0.25, 0.3) is 5.91 Å². The summed E-state index contributed by atoms with van der Waals surface area (Å²) in [6, 6.07) is 16.9. The second-order valence-corrected chi connectivity index (χ2v) is 6.18. The predicted octanol–water partition coefficient (Wildman–Crippen LogP) is 1.74. The number of hydrazine groups is 1. The molecule has 0 atom stereocenters. The van der Waals surface area contributed by atoms with Gasteiger partial charge in [-0.15, -0.1) is 0 Å². The molecule has 2 aromatic carbocycles. The first-order chi connectivity index (χ1) is 13.0. The van der Waals surface area contributed by atoms with Crippen LogP contribution in [0.4, 0.5) is 0 Å². The molecule has 2 rings (SSSR count). The van der Waals surface area contributed by atoms with Gasteiger partial charge in [0, 0.05) is 13.0 Å². The van der Waals surface area contributed by atoms with E-state index in [4.69, 9.17) is 9.47 Å². The molecule has 0 spiro atoms. The molecule has 0 unspecified atom stereocenters. The van der Waals surface area contributed by atoms with Crippen LogP contribution in [-0.2, 0) is 16.2 Å².